The molecule has 1 aliphatic carbocycles. The summed E-state index contributed by atoms with van der Waals surface area (Å²) in [6.07, 6.45) is 1.12. The third kappa shape index (κ3) is 2.90. The molecule has 1 aromatic heterocycles. The van der Waals surface area contributed by atoms with Gasteiger partial charge >= 0.3 is 0 Å². The molecule has 154 valence electrons. The smallest absolute Gasteiger partial charge is 0.270 e. The summed E-state index contributed by atoms with van der Waals surface area (Å²) in [5.41, 5.74) is 2.13. The number of ketones is 1. The number of anilines is 1. The van der Waals surface area contributed by atoms with Gasteiger partial charge in [-0.1, -0.05) is 19.9 Å². The lowest BCUT2D eigenvalue weighted by molar-refractivity contribution is -0.118. The fourth-order valence-corrected chi connectivity index (χ4v) is 4.48. The van der Waals surface area contributed by atoms with Gasteiger partial charge in [-0.2, -0.15) is 0 Å². The normalized spacial score (nSPS) is 19.9. The Labute approximate surface area is 168 Å². The Balaban J connectivity index is 2.01. The minimum absolute atomic E-state index is 0.0248. The van der Waals surface area contributed by atoms with E-state index in [9.17, 15) is 9.59 Å². The van der Waals surface area contributed by atoms with E-state index in [1.807, 2.05) is 6.07 Å². The first-order valence-corrected chi connectivity index (χ1v) is 9.44. The summed E-state index contributed by atoms with van der Waals surface area (Å²) in [5.74, 6) is 1.39. The number of carbonyl (C=O) groups excluding carboxylic acids is 1. The van der Waals surface area contributed by atoms with Crippen LogP contribution >= 0.6 is 0 Å². The highest BCUT2D eigenvalue weighted by atomic mass is 16.5. The molecule has 0 saturated carbocycles. The van der Waals surface area contributed by atoms with Gasteiger partial charge in [0, 0.05) is 23.3 Å². The quantitative estimate of drug-likeness (QED) is 0.730. The Morgan fingerprint density at radius 1 is 0.966 bits per heavy atom. The molecule has 0 saturated heterocycles. The number of ether oxygens (including phenoxy) is 3. The van der Waals surface area contributed by atoms with E-state index in [0.717, 1.165) is 5.70 Å². The van der Waals surface area contributed by atoms with Crippen LogP contribution in [0.5, 0.6) is 17.2 Å². The lowest BCUT2D eigenvalue weighted by Gasteiger charge is -2.38. The molecule has 0 radical (unpaired) electrons. The van der Waals surface area contributed by atoms with Crippen LogP contribution in [0.4, 0.5) is 5.82 Å². The van der Waals surface area contributed by atoms with Gasteiger partial charge in [0.2, 0.25) is 5.75 Å². The zero-order chi connectivity index (χ0) is 20.9. The maximum atomic E-state index is 13.2. The van der Waals surface area contributed by atoms with Crippen LogP contribution in [0, 0.1) is 5.41 Å². The molecule has 8 heteroatoms. The van der Waals surface area contributed by atoms with Gasteiger partial charge in [-0.15, -0.1) is 0 Å². The van der Waals surface area contributed by atoms with Crippen LogP contribution in [0.3, 0.4) is 0 Å². The number of hydrogen-bond donors (Lipinski definition) is 3. The van der Waals surface area contributed by atoms with Gasteiger partial charge in [0.05, 0.1) is 32.8 Å². The van der Waals surface area contributed by atoms with Crippen molar-refractivity contribution in [1.82, 2.24) is 10.2 Å². The number of aromatic amines is 2. The van der Waals surface area contributed by atoms with Crippen LogP contribution in [0.1, 0.15) is 43.7 Å². The largest absolute Gasteiger partial charge is 0.493 e. The molecule has 0 bridgehead atoms. The van der Waals surface area contributed by atoms with E-state index < -0.39 is 5.92 Å². The van der Waals surface area contributed by atoms with Crippen LogP contribution in [-0.4, -0.2) is 37.3 Å². The lowest BCUT2D eigenvalue weighted by Crippen LogP contribution is -2.35. The second kappa shape index (κ2) is 6.72. The van der Waals surface area contributed by atoms with E-state index in [2.05, 4.69) is 29.4 Å². The number of carbonyl (C=O) groups is 1. The van der Waals surface area contributed by atoms with Gasteiger partial charge in [-0.3, -0.25) is 19.8 Å². The predicted molar refractivity (Wildman–Crippen MR) is 108 cm³/mol. The summed E-state index contributed by atoms with van der Waals surface area (Å²) in [7, 11) is 4.61. The lowest BCUT2D eigenvalue weighted by atomic mass is 9.69. The van der Waals surface area contributed by atoms with Crippen molar-refractivity contribution in [2.24, 2.45) is 5.41 Å². The van der Waals surface area contributed by atoms with E-state index >= 15 is 0 Å². The van der Waals surface area contributed by atoms with Crippen molar-refractivity contribution >= 4 is 11.6 Å². The number of methoxy groups -OCH3 is 3. The Bertz CT molecular complexity index is 1080. The Morgan fingerprint density at radius 3 is 2.34 bits per heavy atom. The molecular weight excluding hydrogens is 374 g/mol. The van der Waals surface area contributed by atoms with Gasteiger partial charge in [-0.25, -0.2) is 0 Å². The zero-order valence-electron chi connectivity index (χ0n) is 17.2. The average Bonchev–Trinajstić information content (AvgIpc) is 3.04. The highest BCUT2D eigenvalue weighted by Crippen LogP contribution is 2.52. The summed E-state index contributed by atoms with van der Waals surface area (Å²) in [5, 5.41) is 8.80. The van der Waals surface area contributed by atoms with E-state index in [4.69, 9.17) is 14.2 Å². The van der Waals surface area contributed by atoms with Crippen molar-refractivity contribution in [3.63, 3.8) is 0 Å². The number of aromatic nitrogens is 2. The molecule has 0 spiro atoms. The van der Waals surface area contributed by atoms with Crippen LogP contribution in [0.15, 0.2) is 28.2 Å². The SMILES string of the molecule is COc1ccc(C2C3=C(CC(C)(C)CC3=O)Nc3[nH][nH]c(=O)c32)c(OC)c1OC. The summed E-state index contributed by atoms with van der Waals surface area (Å²) in [6.45, 7) is 4.13. The number of rotatable bonds is 4. The first kappa shape index (κ1) is 19.2. The van der Waals surface area contributed by atoms with Gasteiger partial charge < -0.3 is 19.5 Å². The van der Waals surface area contributed by atoms with Crippen LogP contribution in [0.25, 0.3) is 0 Å². The number of fused-ring (bicyclic) bond motifs is 1. The number of nitrogens with one attached hydrogen (secondary N) is 3. The van der Waals surface area contributed by atoms with Crippen molar-refractivity contribution in [1.29, 1.82) is 0 Å². The monoisotopic (exact) mass is 399 g/mol. The van der Waals surface area contributed by atoms with Crippen molar-refractivity contribution in [3.8, 4) is 17.2 Å². The van der Waals surface area contributed by atoms with E-state index in [1.54, 1.807) is 13.2 Å². The van der Waals surface area contributed by atoms with E-state index in [1.165, 1.54) is 14.2 Å². The van der Waals surface area contributed by atoms with Crippen LogP contribution in [-0.2, 0) is 4.79 Å². The highest BCUT2D eigenvalue weighted by molar-refractivity contribution is 6.01. The molecule has 1 unspecified atom stereocenters. The van der Waals surface area contributed by atoms with Crippen LogP contribution < -0.4 is 25.1 Å². The van der Waals surface area contributed by atoms with E-state index in [0.29, 0.717) is 52.6 Å². The second-order valence-electron chi connectivity index (χ2n) is 8.18. The van der Waals surface area contributed by atoms with Gasteiger partial charge in [0.25, 0.3) is 5.56 Å². The number of Topliss-reactive ketones (excluding diaryl/α,β-unsaturated/α-hetero) is 1. The Hall–Kier alpha value is -3.16. The molecule has 3 N–H and O–H groups in total. The van der Waals surface area contributed by atoms with Gasteiger partial charge in [0.15, 0.2) is 17.3 Å². The number of allylic oxidation sites excluding steroid dienone is 2. The third-order valence-electron chi connectivity index (χ3n) is 5.63. The number of hydrogen-bond acceptors (Lipinski definition) is 6. The van der Waals surface area contributed by atoms with E-state index in [-0.39, 0.29) is 16.8 Å². The molecule has 4 rings (SSSR count). The molecule has 1 aromatic carbocycles. The van der Waals surface area contributed by atoms with Crippen molar-refractivity contribution in [2.75, 3.05) is 26.6 Å². The summed E-state index contributed by atoms with van der Waals surface area (Å²) >= 11 is 0. The topological polar surface area (TPSA) is 105 Å². The molecule has 0 amide bonds. The maximum absolute atomic E-state index is 13.2. The van der Waals surface area contributed by atoms with Crippen LogP contribution in [0.2, 0.25) is 0 Å². The van der Waals surface area contributed by atoms with Gasteiger partial charge in [0.1, 0.15) is 5.82 Å². The highest BCUT2D eigenvalue weighted by Gasteiger charge is 2.43. The minimum atomic E-state index is -0.574. The van der Waals surface area contributed by atoms with Crippen molar-refractivity contribution in [3.05, 3.63) is 44.9 Å². The third-order valence-corrected chi connectivity index (χ3v) is 5.63. The molecule has 1 aliphatic heterocycles. The summed E-state index contributed by atoms with van der Waals surface area (Å²) in [4.78, 5) is 25.9. The molecule has 2 aromatic rings. The summed E-state index contributed by atoms with van der Waals surface area (Å²) < 4.78 is 16.6. The minimum Gasteiger partial charge on any atom is -0.493 e. The summed E-state index contributed by atoms with van der Waals surface area (Å²) in [6, 6.07) is 3.58. The predicted octanol–water partition coefficient (Wildman–Crippen LogP) is 2.93. The molecule has 0 fully saturated rings. The first-order chi connectivity index (χ1) is 13.8. The fourth-order valence-electron chi connectivity index (χ4n) is 4.48. The molecule has 2 aliphatic rings. The number of H-pyrrole nitrogens is 2. The molecule has 8 nitrogen and oxygen atoms in total. The molecule has 29 heavy (non-hydrogen) atoms. The number of benzene rings is 1. The maximum Gasteiger partial charge on any atom is 0.270 e. The standard InChI is InChI=1S/C21H25N3O5/c1-21(2)8-11-15(12(25)9-21)14(16-19(22-11)23-24-20(16)26)10-6-7-13(27-3)18(29-5)17(10)28-4/h6-7,14H,8-9H2,1-5H3,(H3,22,23,24,26). The van der Waals surface area contributed by atoms with Gasteiger partial charge in [-0.05, 0) is 17.9 Å². The Kier molecular flexibility index (Phi) is 4.44. The van der Waals surface area contributed by atoms with Crippen molar-refractivity contribution in [2.45, 2.75) is 32.6 Å². The second-order valence-corrected chi connectivity index (χ2v) is 8.18. The Morgan fingerprint density at radius 2 is 1.69 bits per heavy atom. The molecule has 1 atom stereocenters. The zero-order valence-corrected chi connectivity index (χ0v) is 17.2. The first-order valence-electron chi connectivity index (χ1n) is 9.44. The molecular formula is C21H25N3O5. The molecule has 2 heterocycles. The van der Waals surface area contributed by atoms with Crippen molar-refractivity contribution < 1.29 is 19.0 Å². The average molecular weight is 399 g/mol. The fraction of sp³-hybridized carbons (Fsp3) is 0.429.